The molecule has 1 fully saturated rings. The van der Waals surface area contributed by atoms with E-state index in [0.29, 0.717) is 19.1 Å². The molecule has 0 amide bonds. The van der Waals surface area contributed by atoms with Crippen molar-refractivity contribution in [3.8, 4) is 0 Å². The zero-order valence-corrected chi connectivity index (χ0v) is 7.74. The molecule has 0 unspecified atom stereocenters. The maximum absolute atomic E-state index is 9.19. The Morgan fingerprint density at radius 1 is 1.50 bits per heavy atom. The van der Waals surface area contributed by atoms with Crippen LogP contribution in [0.25, 0.3) is 0 Å². The van der Waals surface area contributed by atoms with E-state index in [-0.39, 0.29) is 12.7 Å². The molecule has 0 heterocycles. The van der Waals surface area contributed by atoms with Gasteiger partial charge in [0.2, 0.25) is 0 Å². The summed E-state index contributed by atoms with van der Waals surface area (Å²) in [4.78, 5) is 2.19. The summed E-state index contributed by atoms with van der Waals surface area (Å²) < 4.78 is 0. The Morgan fingerprint density at radius 3 is 2.50 bits per heavy atom. The highest BCUT2D eigenvalue weighted by Crippen LogP contribution is 2.24. The van der Waals surface area contributed by atoms with Gasteiger partial charge in [-0.05, 0) is 19.8 Å². The summed E-state index contributed by atoms with van der Waals surface area (Å²) >= 11 is 0. The highest BCUT2D eigenvalue weighted by molar-refractivity contribution is 4.80. The molecule has 0 aromatic heterocycles. The Hall–Kier alpha value is -0.120. The Morgan fingerprint density at radius 2 is 2.17 bits per heavy atom. The van der Waals surface area contributed by atoms with Gasteiger partial charge < -0.3 is 10.2 Å². The van der Waals surface area contributed by atoms with Crippen LogP contribution >= 0.6 is 0 Å². The van der Waals surface area contributed by atoms with Crippen LogP contribution < -0.4 is 0 Å². The highest BCUT2D eigenvalue weighted by atomic mass is 16.3. The first kappa shape index (κ1) is 9.96. The van der Waals surface area contributed by atoms with E-state index in [1.807, 2.05) is 0 Å². The Balaban J connectivity index is 2.26. The zero-order chi connectivity index (χ0) is 8.97. The quantitative estimate of drug-likeness (QED) is 0.625. The Bertz CT molecular complexity index is 124. The maximum atomic E-state index is 9.19. The fourth-order valence-electron chi connectivity index (χ4n) is 1.64. The van der Waals surface area contributed by atoms with E-state index in [9.17, 15) is 5.11 Å². The predicted octanol–water partition coefficient (Wildman–Crippen LogP) is 0.214. The number of hydrogen-bond acceptors (Lipinski definition) is 3. The maximum Gasteiger partial charge on any atom is 0.0639 e. The van der Waals surface area contributed by atoms with Crippen molar-refractivity contribution < 1.29 is 10.2 Å². The summed E-state index contributed by atoms with van der Waals surface area (Å²) in [5.41, 5.74) is 0. The summed E-state index contributed by atoms with van der Waals surface area (Å²) in [6.07, 6.45) is 3.48. The molecule has 1 atom stereocenters. The topological polar surface area (TPSA) is 43.7 Å². The molecular formula is C9H19NO2. The van der Waals surface area contributed by atoms with Crippen LogP contribution in [-0.4, -0.2) is 47.0 Å². The number of hydrogen-bond donors (Lipinski definition) is 2. The molecule has 1 rings (SSSR count). The van der Waals surface area contributed by atoms with Gasteiger partial charge in [0, 0.05) is 19.1 Å². The van der Waals surface area contributed by atoms with E-state index in [1.54, 1.807) is 6.92 Å². The van der Waals surface area contributed by atoms with Crippen molar-refractivity contribution in [2.75, 3.05) is 19.7 Å². The van der Waals surface area contributed by atoms with Gasteiger partial charge in [-0.1, -0.05) is 6.42 Å². The van der Waals surface area contributed by atoms with Gasteiger partial charge in [-0.2, -0.15) is 0 Å². The molecule has 0 radical (unpaired) electrons. The number of rotatable bonds is 5. The van der Waals surface area contributed by atoms with Crippen LogP contribution in [-0.2, 0) is 0 Å². The minimum atomic E-state index is -0.280. The van der Waals surface area contributed by atoms with E-state index in [2.05, 4.69) is 4.90 Å². The van der Waals surface area contributed by atoms with Gasteiger partial charge in [0.15, 0.2) is 0 Å². The predicted molar refractivity (Wildman–Crippen MR) is 48.0 cm³/mol. The molecule has 12 heavy (non-hydrogen) atoms. The molecule has 0 aromatic carbocycles. The fourth-order valence-corrected chi connectivity index (χ4v) is 1.64. The number of nitrogens with zero attached hydrogens (tertiary/aromatic N) is 1. The average molecular weight is 173 g/mol. The molecule has 1 saturated carbocycles. The Kier molecular flexibility index (Phi) is 3.98. The van der Waals surface area contributed by atoms with E-state index < -0.39 is 0 Å². The summed E-state index contributed by atoms with van der Waals surface area (Å²) in [7, 11) is 0. The van der Waals surface area contributed by atoms with E-state index >= 15 is 0 Å². The lowest BCUT2D eigenvalue weighted by Crippen LogP contribution is -2.44. The van der Waals surface area contributed by atoms with Crippen LogP contribution in [0.4, 0.5) is 0 Å². The molecule has 3 heteroatoms. The van der Waals surface area contributed by atoms with E-state index in [0.717, 1.165) is 0 Å². The summed E-state index contributed by atoms with van der Waals surface area (Å²) in [6, 6.07) is 0.617. The smallest absolute Gasteiger partial charge is 0.0639 e. The van der Waals surface area contributed by atoms with Crippen LogP contribution in [0.15, 0.2) is 0 Å². The summed E-state index contributed by atoms with van der Waals surface area (Å²) in [6.45, 7) is 3.40. The number of aliphatic hydroxyl groups excluding tert-OH is 2. The first-order valence-corrected chi connectivity index (χ1v) is 4.77. The highest BCUT2D eigenvalue weighted by Gasteiger charge is 2.24. The summed E-state index contributed by atoms with van der Waals surface area (Å²) in [5.74, 6) is 0. The molecule has 0 bridgehead atoms. The van der Waals surface area contributed by atoms with Gasteiger partial charge in [0.1, 0.15) is 0 Å². The first-order chi connectivity index (χ1) is 5.74. The third kappa shape index (κ3) is 2.73. The third-order valence-electron chi connectivity index (χ3n) is 2.48. The molecule has 0 saturated heterocycles. The molecule has 1 aliphatic rings. The standard InChI is InChI=1S/C9H19NO2/c1-8(12)7-10(5-6-11)9-3-2-4-9/h8-9,11-12H,2-7H2,1H3/t8-/m1/s1. The molecule has 0 aliphatic heterocycles. The van der Waals surface area contributed by atoms with Gasteiger partial charge in [-0.3, -0.25) is 4.90 Å². The van der Waals surface area contributed by atoms with Gasteiger partial charge in [0.25, 0.3) is 0 Å². The minimum Gasteiger partial charge on any atom is -0.395 e. The van der Waals surface area contributed by atoms with Crippen LogP contribution in [0.1, 0.15) is 26.2 Å². The van der Waals surface area contributed by atoms with Crippen molar-refractivity contribution in [2.45, 2.75) is 38.3 Å². The second-order valence-electron chi connectivity index (χ2n) is 3.65. The van der Waals surface area contributed by atoms with E-state index in [4.69, 9.17) is 5.11 Å². The second kappa shape index (κ2) is 4.80. The zero-order valence-electron chi connectivity index (χ0n) is 7.74. The lowest BCUT2D eigenvalue weighted by atomic mass is 9.91. The second-order valence-corrected chi connectivity index (χ2v) is 3.65. The third-order valence-corrected chi connectivity index (χ3v) is 2.48. The molecule has 0 aromatic rings. The van der Waals surface area contributed by atoms with E-state index in [1.165, 1.54) is 19.3 Å². The van der Waals surface area contributed by atoms with Crippen LogP contribution in [0.3, 0.4) is 0 Å². The van der Waals surface area contributed by atoms with Crippen molar-refractivity contribution >= 4 is 0 Å². The van der Waals surface area contributed by atoms with Crippen LogP contribution in [0, 0.1) is 0 Å². The normalized spacial score (nSPS) is 21.0. The van der Waals surface area contributed by atoms with Crippen molar-refractivity contribution in [1.82, 2.24) is 4.90 Å². The van der Waals surface area contributed by atoms with Crippen LogP contribution in [0.5, 0.6) is 0 Å². The largest absolute Gasteiger partial charge is 0.395 e. The van der Waals surface area contributed by atoms with Crippen LogP contribution in [0.2, 0.25) is 0 Å². The molecule has 1 aliphatic carbocycles. The van der Waals surface area contributed by atoms with Gasteiger partial charge in [-0.15, -0.1) is 0 Å². The molecule has 72 valence electrons. The van der Waals surface area contributed by atoms with Crippen molar-refractivity contribution in [3.63, 3.8) is 0 Å². The minimum absolute atomic E-state index is 0.198. The van der Waals surface area contributed by atoms with Crippen molar-refractivity contribution in [3.05, 3.63) is 0 Å². The van der Waals surface area contributed by atoms with Crippen molar-refractivity contribution in [1.29, 1.82) is 0 Å². The van der Waals surface area contributed by atoms with Crippen molar-refractivity contribution in [2.24, 2.45) is 0 Å². The molecular weight excluding hydrogens is 154 g/mol. The average Bonchev–Trinajstić information content (AvgIpc) is 1.81. The lowest BCUT2D eigenvalue weighted by molar-refractivity contribution is 0.0534. The summed E-state index contributed by atoms with van der Waals surface area (Å²) in [5, 5.41) is 18.0. The Labute approximate surface area is 74.0 Å². The SMILES string of the molecule is C[C@@H](O)CN(CCO)C1CCC1. The monoisotopic (exact) mass is 173 g/mol. The molecule has 3 nitrogen and oxygen atoms in total. The lowest BCUT2D eigenvalue weighted by Gasteiger charge is -2.37. The van der Waals surface area contributed by atoms with Gasteiger partial charge in [-0.25, -0.2) is 0 Å². The van der Waals surface area contributed by atoms with Gasteiger partial charge in [0.05, 0.1) is 12.7 Å². The molecule has 2 N–H and O–H groups in total. The first-order valence-electron chi connectivity index (χ1n) is 4.77. The molecule has 0 spiro atoms. The number of aliphatic hydroxyl groups is 2. The fraction of sp³-hybridized carbons (Fsp3) is 1.00. The van der Waals surface area contributed by atoms with Gasteiger partial charge >= 0.3 is 0 Å².